The highest BCUT2D eigenvalue weighted by Gasteiger charge is 2.27. The molecule has 0 aliphatic heterocycles. The Kier molecular flexibility index (Phi) is 10.8. The highest BCUT2D eigenvalue weighted by Crippen LogP contribution is 2.36. The van der Waals surface area contributed by atoms with E-state index < -0.39 is 23.9 Å². The van der Waals surface area contributed by atoms with Gasteiger partial charge < -0.3 is 28.4 Å². The summed E-state index contributed by atoms with van der Waals surface area (Å²) in [4.78, 5) is 50.8. The van der Waals surface area contributed by atoms with Crippen molar-refractivity contribution in [2.24, 2.45) is 0 Å². The summed E-state index contributed by atoms with van der Waals surface area (Å²) in [5.74, 6) is -2.02. The Hall–Kier alpha value is -6.42. The minimum Gasteiger partial charge on any atom is -0.485 e. The fourth-order valence-electron chi connectivity index (χ4n) is 4.60. The van der Waals surface area contributed by atoms with Crippen molar-refractivity contribution in [1.82, 2.24) is 0 Å². The van der Waals surface area contributed by atoms with Gasteiger partial charge >= 0.3 is 23.9 Å². The minimum absolute atomic E-state index is 0.0177. The van der Waals surface area contributed by atoms with Gasteiger partial charge in [-0.1, -0.05) is 60.7 Å². The molecule has 5 rings (SSSR count). The lowest BCUT2D eigenvalue weighted by atomic mass is 10.1. The van der Waals surface area contributed by atoms with Gasteiger partial charge in [0.15, 0.2) is 11.5 Å². The summed E-state index contributed by atoms with van der Waals surface area (Å²) in [6.45, 7) is -0.122. The van der Waals surface area contributed by atoms with E-state index in [9.17, 15) is 19.2 Å². The van der Waals surface area contributed by atoms with Crippen molar-refractivity contribution in [3.05, 3.63) is 155 Å². The maximum absolute atomic E-state index is 13.0. The molecule has 10 heteroatoms. The fraction of sp³-hybridized carbons (Fsp3) is 0.105. The molecule has 242 valence electrons. The van der Waals surface area contributed by atoms with Gasteiger partial charge in [0.2, 0.25) is 0 Å². The average molecular weight is 647 g/mol. The van der Waals surface area contributed by atoms with E-state index in [0.717, 1.165) is 0 Å². The first-order valence-electron chi connectivity index (χ1n) is 14.7. The molecule has 0 bridgehead atoms. The van der Waals surface area contributed by atoms with E-state index in [1.54, 1.807) is 109 Å². The van der Waals surface area contributed by atoms with Crippen molar-refractivity contribution < 1.29 is 47.6 Å². The Morgan fingerprint density at radius 3 is 1.50 bits per heavy atom. The van der Waals surface area contributed by atoms with E-state index in [0.29, 0.717) is 28.0 Å². The fourth-order valence-corrected chi connectivity index (χ4v) is 4.60. The molecule has 0 heterocycles. The van der Waals surface area contributed by atoms with Gasteiger partial charge in [0, 0.05) is 0 Å². The van der Waals surface area contributed by atoms with E-state index in [1.165, 1.54) is 26.4 Å². The van der Waals surface area contributed by atoms with E-state index in [1.807, 2.05) is 0 Å². The first-order valence-corrected chi connectivity index (χ1v) is 14.7. The molecular formula is C38H30O10. The molecule has 0 unspecified atom stereocenters. The molecule has 0 fully saturated rings. The third-order valence-electron chi connectivity index (χ3n) is 6.93. The van der Waals surface area contributed by atoms with E-state index in [2.05, 4.69) is 0 Å². The predicted molar refractivity (Wildman–Crippen MR) is 173 cm³/mol. The zero-order valence-corrected chi connectivity index (χ0v) is 26.0. The first kappa shape index (κ1) is 33.0. The highest BCUT2D eigenvalue weighted by molar-refractivity contribution is 6.05. The van der Waals surface area contributed by atoms with Gasteiger partial charge in [0.25, 0.3) is 0 Å². The molecule has 5 aromatic carbocycles. The Labute approximate surface area is 276 Å². The van der Waals surface area contributed by atoms with Crippen LogP contribution in [0, 0.1) is 0 Å². The lowest BCUT2D eigenvalue weighted by Gasteiger charge is -2.18. The molecule has 0 spiro atoms. The molecule has 0 atom stereocenters. The Morgan fingerprint density at radius 2 is 1.00 bits per heavy atom. The number of hydrogen-bond donors (Lipinski definition) is 0. The van der Waals surface area contributed by atoms with E-state index >= 15 is 0 Å². The first-order chi connectivity index (χ1) is 23.4. The van der Waals surface area contributed by atoms with Crippen LogP contribution in [-0.4, -0.2) is 38.1 Å². The molecule has 0 saturated carbocycles. The van der Waals surface area contributed by atoms with Crippen LogP contribution in [-0.2, 0) is 22.7 Å². The number of carbonyl (C=O) groups is 4. The van der Waals surface area contributed by atoms with Gasteiger partial charge in [0.05, 0.1) is 30.9 Å². The topological polar surface area (TPSA) is 124 Å². The molecule has 0 radical (unpaired) electrons. The third-order valence-corrected chi connectivity index (χ3v) is 6.93. The molecule has 5 aromatic rings. The second-order valence-electron chi connectivity index (χ2n) is 10.2. The molecule has 0 aliphatic carbocycles. The minimum atomic E-state index is -0.851. The van der Waals surface area contributed by atoms with Crippen molar-refractivity contribution in [2.45, 2.75) is 13.2 Å². The van der Waals surface area contributed by atoms with Gasteiger partial charge in [-0.15, -0.1) is 0 Å². The second kappa shape index (κ2) is 15.7. The van der Waals surface area contributed by atoms with Crippen LogP contribution >= 0.6 is 0 Å². The largest absolute Gasteiger partial charge is 0.485 e. The molecule has 10 nitrogen and oxygen atoms in total. The van der Waals surface area contributed by atoms with Crippen LogP contribution in [0.25, 0.3) is 0 Å². The van der Waals surface area contributed by atoms with Crippen LogP contribution in [0.2, 0.25) is 0 Å². The summed E-state index contributed by atoms with van der Waals surface area (Å²) >= 11 is 0. The molecule has 0 aromatic heterocycles. The van der Waals surface area contributed by atoms with Crippen LogP contribution < -0.4 is 18.9 Å². The maximum Gasteiger partial charge on any atom is 0.343 e. The van der Waals surface area contributed by atoms with Crippen molar-refractivity contribution in [3.63, 3.8) is 0 Å². The van der Waals surface area contributed by atoms with Crippen LogP contribution in [0.15, 0.2) is 121 Å². The van der Waals surface area contributed by atoms with Crippen molar-refractivity contribution in [1.29, 1.82) is 0 Å². The molecule has 0 amide bonds. The number of ether oxygens (including phenoxy) is 6. The molecule has 0 saturated heterocycles. The predicted octanol–water partition coefficient (Wildman–Crippen LogP) is 6.86. The lowest BCUT2D eigenvalue weighted by Crippen LogP contribution is -2.15. The number of hydrogen-bond acceptors (Lipinski definition) is 10. The zero-order chi connectivity index (χ0) is 33.9. The Bertz CT molecular complexity index is 1920. The van der Waals surface area contributed by atoms with Crippen LogP contribution in [0.3, 0.4) is 0 Å². The van der Waals surface area contributed by atoms with Gasteiger partial charge in [-0.05, 0) is 71.8 Å². The second-order valence-corrected chi connectivity index (χ2v) is 10.2. The monoisotopic (exact) mass is 646 g/mol. The van der Waals surface area contributed by atoms with Crippen LogP contribution in [0.5, 0.6) is 23.0 Å². The lowest BCUT2D eigenvalue weighted by molar-refractivity contribution is 0.0549. The number of benzene rings is 5. The van der Waals surface area contributed by atoms with Gasteiger partial charge in [0.1, 0.15) is 30.3 Å². The smallest absolute Gasteiger partial charge is 0.343 e. The van der Waals surface area contributed by atoms with E-state index in [4.69, 9.17) is 28.4 Å². The highest BCUT2D eigenvalue weighted by atomic mass is 16.5. The van der Waals surface area contributed by atoms with Crippen LogP contribution in [0.4, 0.5) is 0 Å². The Balaban J connectivity index is 1.38. The summed E-state index contributed by atoms with van der Waals surface area (Å²) in [5, 5.41) is 0. The number of rotatable bonds is 12. The normalized spacial score (nSPS) is 10.4. The summed E-state index contributed by atoms with van der Waals surface area (Å²) in [5.41, 5.74) is 1.74. The molecular weight excluding hydrogens is 616 g/mol. The molecule has 0 aliphatic rings. The standard InChI is InChI=1S/C38H30O10/c1-43-37(41)31-19-20-32(45-23-25-11-9-17-29(21-25)47-35(39)27-13-5-3-6-14-27)34(33(31)38(42)44-2)46-24-26-12-10-18-30(22-26)48-36(40)28-15-7-4-8-16-28/h3-22H,23-24H2,1-2H3. The zero-order valence-electron chi connectivity index (χ0n) is 26.0. The van der Waals surface area contributed by atoms with Crippen LogP contribution in [0.1, 0.15) is 52.6 Å². The number of esters is 4. The van der Waals surface area contributed by atoms with Gasteiger partial charge in [-0.25, -0.2) is 19.2 Å². The van der Waals surface area contributed by atoms with E-state index in [-0.39, 0.29) is 41.6 Å². The molecule has 0 N–H and O–H groups in total. The number of methoxy groups -OCH3 is 2. The number of carbonyl (C=O) groups excluding carboxylic acids is 4. The Morgan fingerprint density at radius 1 is 0.500 bits per heavy atom. The average Bonchev–Trinajstić information content (AvgIpc) is 3.13. The van der Waals surface area contributed by atoms with Gasteiger partial charge in [-0.2, -0.15) is 0 Å². The summed E-state index contributed by atoms with van der Waals surface area (Å²) in [6.07, 6.45) is 0. The quantitative estimate of drug-likeness (QED) is 0.105. The third kappa shape index (κ3) is 8.24. The maximum atomic E-state index is 13.0. The van der Waals surface area contributed by atoms with Gasteiger partial charge in [-0.3, -0.25) is 0 Å². The summed E-state index contributed by atoms with van der Waals surface area (Å²) in [7, 11) is 2.36. The van der Waals surface area contributed by atoms with Crippen molar-refractivity contribution in [3.8, 4) is 23.0 Å². The van der Waals surface area contributed by atoms with Crippen molar-refractivity contribution >= 4 is 23.9 Å². The SMILES string of the molecule is COC(=O)c1ccc(OCc2cccc(OC(=O)c3ccccc3)c2)c(OCc2cccc(OC(=O)c3ccccc3)c2)c1C(=O)OC. The summed E-state index contributed by atoms with van der Waals surface area (Å²) < 4.78 is 33.1. The van der Waals surface area contributed by atoms with Crippen molar-refractivity contribution in [2.75, 3.05) is 14.2 Å². The summed E-state index contributed by atoms with van der Waals surface area (Å²) in [6, 6.07) is 33.5. The molecule has 48 heavy (non-hydrogen) atoms.